The first-order valence-corrected chi connectivity index (χ1v) is 6.62. The van der Waals surface area contributed by atoms with Gasteiger partial charge >= 0.3 is 0 Å². The second-order valence-electron chi connectivity index (χ2n) is 4.16. The normalized spacial score (nSPS) is 14.0. The lowest BCUT2D eigenvalue weighted by Crippen LogP contribution is -2.31. The molecule has 1 aliphatic heterocycles. The number of rotatable bonds is 2. The lowest BCUT2D eigenvalue weighted by Gasteiger charge is -2.20. The monoisotopic (exact) mass is 249 g/mol. The molecule has 0 aromatic heterocycles. The topological polar surface area (TPSA) is 37.4 Å². The number of hydrogen-bond donors (Lipinski definition) is 0. The van der Waals surface area contributed by atoms with E-state index in [1.165, 1.54) is 28.7 Å². The molecule has 0 saturated heterocycles. The van der Waals surface area contributed by atoms with Gasteiger partial charge in [-0.3, -0.25) is 9.59 Å². The maximum atomic E-state index is 11.6. The maximum Gasteiger partial charge on any atom is 0.293 e. The highest BCUT2D eigenvalue weighted by Gasteiger charge is 2.17. The predicted molar refractivity (Wildman–Crippen MR) is 69.6 cm³/mol. The van der Waals surface area contributed by atoms with Crippen molar-refractivity contribution < 1.29 is 9.59 Å². The number of hydrogen-bond acceptors (Lipinski definition) is 3. The van der Waals surface area contributed by atoms with Gasteiger partial charge in [-0.05, 0) is 42.4 Å². The standard InChI is InChI=1S/C13H15NO2S/c1-9(15)13(16)14(2)11-5-6-12-10(8-11)4-3-7-17-12/h5-6,8H,3-4,7H2,1-2H3. The van der Waals surface area contributed by atoms with Crippen LogP contribution in [0.3, 0.4) is 0 Å². The fourth-order valence-electron chi connectivity index (χ4n) is 1.91. The molecule has 1 aromatic carbocycles. The van der Waals surface area contributed by atoms with Gasteiger partial charge < -0.3 is 4.90 Å². The number of amides is 1. The van der Waals surface area contributed by atoms with Gasteiger partial charge in [-0.2, -0.15) is 0 Å². The van der Waals surface area contributed by atoms with E-state index in [9.17, 15) is 9.59 Å². The van der Waals surface area contributed by atoms with Crippen molar-refractivity contribution in [3.05, 3.63) is 23.8 Å². The predicted octanol–water partition coefficient (Wildman–Crippen LogP) is 2.28. The van der Waals surface area contributed by atoms with Crippen molar-refractivity contribution in [3.8, 4) is 0 Å². The molecule has 1 heterocycles. The maximum absolute atomic E-state index is 11.6. The lowest BCUT2D eigenvalue weighted by molar-refractivity contribution is -0.134. The van der Waals surface area contributed by atoms with E-state index >= 15 is 0 Å². The average Bonchev–Trinajstić information content (AvgIpc) is 2.36. The summed E-state index contributed by atoms with van der Waals surface area (Å²) in [5.41, 5.74) is 2.08. The van der Waals surface area contributed by atoms with Gasteiger partial charge in [0.1, 0.15) is 0 Å². The first-order valence-electron chi connectivity index (χ1n) is 5.64. The van der Waals surface area contributed by atoms with E-state index in [1.807, 2.05) is 30.0 Å². The van der Waals surface area contributed by atoms with E-state index in [0.717, 1.165) is 17.9 Å². The van der Waals surface area contributed by atoms with Crippen molar-refractivity contribution >= 4 is 29.1 Å². The van der Waals surface area contributed by atoms with Crippen molar-refractivity contribution in [2.75, 3.05) is 17.7 Å². The molecule has 0 spiro atoms. The minimum Gasteiger partial charge on any atom is -0.309 e. The van der Waals surface area contributed by atoms with Crippen molar-refractivity contribution in [2.45, 2.75) is 24.7 Å². The Kier molecular flexibility index (Phi) is 3.52. The molecule has 0 radical (unpaired) electrons. The lowest BCUT2D eigenvalue weighted by atomic mass is 10.1. The number of Topliss-reactive ketones (excluding diaryl/α,β-unsaturated/α-hetero) is 1. The Morgan fingerprint density at radius 1 is 1.35 bits per heavy atom. The van der Waals surface area contributed by atoms with Crippen LogP contribution < -0.4 is 4.90 Å². The summed E-state index contributed by atoms with van der Waals surface area (Å²) < 4.78 is 0. The van der Waals surface area contributed by atoms with Crippen LogP contribution in [0.1, 0.15) is 18.9 Å². The number of nitrogens with zero attached hydrogens (tertiary/aromatic N) is 1. The largest absolute Gasteiger partial charge is 0.309 e. The van der Waals surface area contributed by atoms with Crippen LogP contribution in [-0.4, -0.2) is 24.5 Å². The Balaban J connectivity index is 2.27. The van der Waals surface area contributed by atoms with E-state index in [4.69, 9.17) is 0 Å². The van der Waals surface area contributed by atoms with Crippen LogP contribution in [0.15, 0.2) is 23.1 Å². The average molecular weight is 249 g/mol. The highest BCUT2D eigenvalue weighted by atomic mass is 32.2. The quantitative estimate of drug-likeness (QED) is 0.755. The Bertz CT molecular complexity index is 470. The molecule has 3 nitrogen and oxygen atoms in total. The number of thioether (sulfide) groups is 1. The highest BCUT2D eigenvalue weighted by molar-refractivity contribution is 7.99. The minimum absolute atomic E-state index is 0.431. The van der Waals surface area contributed by atoms with Crippen LogP contribution in [0.2, 0.25) is 0 Å². The third kappa shape index (κ3) is 2.52. The molecular weight excluding hydrogens is 234 g/mol. The van der Waals surface area contributed by atoms with Crippen LogP contribution in [0.5, 0.6) is 0 Å². The summed E-state index contributed by atoms with van der Waals surface area (Å²) in [5.74, 6) is 0.266. The fourth-order valence-corrected chi connectivity index (χ4v) is 2.93. The molecule has 1 aromatic rings. The number of likely N-dealkylation sites (N-methyl/N-ethyl adjacent to an activating group) is 1. The summed E-state index contributed by atoms with van der Waals surface area (Å²) in [7, 11) is 1.64. The zero-order valence-corrected chi connectivity index (χ0v) is 10.8. The third-order valence-electron chi connectivity index (χ3n) is 2.89. The zero-order valence-electron chi connectivity index (χ0n) is 10.0. The SMILES string of the molecule is CC(=O)C(=O)N(C)c1ccc2c(c1)CCCS2. The second kappa shape index (κ2) is 4.92. The first-order chi connectivity index (χ1) is 8.09. The fraction of sp³-hybridized carbons (Fsp3) is 0.385. The number of anilines is 1. The summed E-state index contributed by atoms with van der Waals surface area (Å²) in [5, 5.41) is 0. The van der Waals surface area contributed by atoms with Crippen LogP contribution in [-0.2, 0) is 16.0 Å². The Morgan fingerprint density at radius 2 is 2.12 bits per heavy atom. The molecule has 0 unspecified atom stereocenters. The Hall–Kier alpha value is -1.29. The molecule has 2 rings (SSSR count). The Labute approximate surface area is 105 Å². The van der Waals surface area contributed by atoms with Crippen LogP contribution in [0, 0.1) is 0 Å². The zero-order chi connectivity index (χ0) is 12.4. The van der Waals surface area contributed by atoms with Gasteiger partial charge in [0, 0.05) is 24.6 Å². The van der Waals surface area contributed by atoms with Gasteiger partial charge in [0.05, 0.1) is 0 Å². The molecule has 17 heavy (non-hydrogen) atoms. The van der Waals surface area contributed by atoms with E-state index in [0.29, 0.717) is 0 Å². The molecule has 0 fully saturated rings. The van der Waals surface area contributed by atoms with Gasteiger partial charge in [-0.15, -0.1) is 11.8 Å². The smallest absolute Gasteiger partial charge is 0.293 e. The van der Waals surface area contributed by atoms with Crippen molar-refractivity contribution in [1.82, 2.24) is 0 Å². The molecule has 0 saturated carbocycles. The minimum atomic E-state index is -0.464. The molecule has 90 valence electrons. The number of carbonyl (C=O) groups excluding carboxylic acids is 2. The Morgan fingerprint density at radius 3 is 2.82 bits per heavy atom. The van der Waals surface area contributed by atoms with Gasteiger partial charge in [-0.25, -0.2) is 0 Å². The molecule has 0 N–H and O–H groups in total. The van der Waals surface area contributed by atoms with Crippen molar-refractivity contribution in [1.29, 1.82) is 0 Å². The van der Waals surface area contributed by atoms with Gasteiger partial charge in [-0.1, -0.05) is 0 Å². The number of benzene rings is 1. The second-order valence-corrected chi connectivity index (χ2v) is 5.30. The molecule has 0 bridgehead atoms. The molecular formula is C13H15NO2S. The van der Waals surface area contributed by atoms with E-state index in [1.54, 1.807) is 7.05 Å². The van der Waals surface area contributed by atoms with E-state index in [-0.39, 0.29) is 0 Å². The van der Waals surface area contributed by atoms with Crippen LogP contribution >= 0.6 is 11.8 Å². The van der Waals surface area contributed by atoms with Crippen molar-refractivity contribution in [2.24, 2.45) is 0 Å². The van der Waals surface area contributed by atoms with E-state index < -0.39 is 11.7 Å². The number of ketones is 1. The number of fused-ring (bicyclic) bond motifs is 1. The van der Waals surface area contributed by atoms with Gasteiger partial charge in [0.15, 0.2) is 0 Å². The van der Waals surface area contributed by atoms with Gasteiger partial charge in [0.25, 0.3) is 5.91 Å². The molecule has 1 aliphatic rings. The summed E-state index contributed by atoms with van der Waals surface area (Å²) in [6.07, 6.45) is 2.23. The summed E-state index contributed by atoms with van der Waals surface area (Å²) >= 11 is 1.85. The number of aryl methyl sites for hydroxylation is 1. The van der Waals surface area contributed by atoms with Crippen LogP contribution in [0.25, 0.3) is 0 Å². The molecule has 0 aliphatic carbocycles. The summed E-state index contributed by atoms with van der Waals surface area (Å²) in [6, 6.07) is 5.96. The number of carbonyl (C=O) groups is 2. The highest BCUT2D eigenvalue weighted by Crippen LogP contribution is 2.32. The van der Waals surface area contributed by atoms with Gasteiger partial charge in [0.2, 0.25) is 5.78 Å². The van der Waals surface area contributed by atoms with E-state index in [2.05, 4.69) is 0 Å². The van der Waals surface area contributed by atoms with Crippen LogP contribution in [0.4, 0.5) is 5.69 Å². The molecule has 0 atom stereocenters. The molecule has 1 amide bonds. The first kappa shape index (κ1) is 12.2. The molecule has 4 heteroatoms. The third-order valence-corrected chi connectivity index (χ3v) is 4.09. The summed E-state index contributed by atoms with van der Waals surface area (Å²) in [6.45, 7) is 1.30. The summed E-state index contributed by atoms with van der Waals surface area (Å²) in [4.78, 5) is 25.3. The van der Waals surface area contributed by atoms with Crippen molar-refractivity contribution in [3.63, 3.8) is 0 Å².